The Labute approximate surface area is 124 Å². The van der Waals surface area contributed by atoms with Gasteiger partial charge in [-0.1, -0.05) is 30.3 Å². The zero-order valence-corrected chi connectivity index (χ0v) is 12.0. The lowest BCUT2D eigenvalue weighted by Crippen LogP contribution is -2.30. The molecule has 0 radical (unpaired) electrons. The van der Waals surface area contributed by atoms with E-state index in [-0.39, 0.29) is 6.10 Å². The highest BCUT2D eigenvalue weighted by Crippen LogP contribution is 2.44. The molecule has 2 aromatic rings. The van der Waals surface area contributed by atoms with E-state index in [0.717, 1.165) is 18.4 Å². The van der Waals surface area contributed by atoms with Crippen LogP contribution in [0.1, 0.15) is 29.9 Å². The minimum absolute atomic E-state index is 0.271. The second-order valence-corrected chi connectivity index (χ2v) is 5.30. The monoisotopic (exact) mass is 285 g/mol. The maximum absolute atomic E-state index is 5.92. The maximum atomic E-state index is 5.92. The van der Waals surface area contributed by atoms with Crippen molar-refractivity contribution in [3.63, 3.8) is 0 Å². The molecule has 2 N–H and O–H groups in total. The molecule has 0 bridgehead atoms. The summed E-state index contributed by atoms with van der Waals surface area (Å²) in [5, 5.41) is 7.74. The second kappa shape index (κ2) is 6.10. The molecule has 21 heavy (non-hydrogen) atoms. The van der Waals surface area contributed by atoms with Gasteiger partial charge in [-0.2, -0.15) is 5.10 Å². The van der Waals surface area contributed by atoms with Crippen LogP contribution in [0.15, 0.2) is 36.5 Å². The molecule has 1 aliphatic carbocycles. The number of hydrogen-bond donors (Lipinski definition) is 1. The van der Waals surface area contributed by atoms with E-state index in [2.05, 4.69) is 22.3 Å². The van der Waals surface area contributed by atoms with Crippen molar-refractivity contribution in [1.29, 1.82) is 0 Å². The Balaban J connectivity index is 1.56. The summed E-state index contributed by atoms with van der Waals surface area (Å²) < 4.78 is 11.2. The van der Waals surface area contributed by atoms with Crippen LogP contribution < -0.4 is 10.5 Å². The van der Waals surface area contributed by atoms with Crippen molar-refractivity contribution < 1.29 is 9.47 Å². The van der Waals surface area contributed by atoms with Gasteiger partial charge in [-0.05, 0) is 24.3 Å². The molecule has 0 unspecified atom stereocenters. The first kappa shape index (κ1) is 13.8. The fourth-order valence-electron chi connectivity index (χ4n) is 2.69. The van der Waals surface area contributed by atoms with E-state index >= 15 is 0 Å². The van der Waals surface area contributed by atoms with Crippen LogP contribution in [0, 0.1) is 0 Å². The summed E-state index contributed by atoms with van der Waals surface area (Å²) in [5.41, 5.74) is 8.09. The third kappa shape index (κ3) is 2.97. The second-order valence-electron chi connectivity index (χ2n) is 5.30. The average Bonchev–Trinajstić information content (AvgIpc) is 2.48. The predicted molar refractivity (Wildman–Crippen MR) is 80.0 cm³/mol. The first-order valence-corrected chi connectivity index (χ1v) is 7.08. The van der Waals surface area contributed by atoms with E-state index in [4.69, 9.17) is 15.2 Å². The Morgan fingerprint density at radius 1 is 1.24 bits per heavy atom. The number of hydrogen-bond acceptors (Lipinski definition) is 5. The molecule has 0 aliphatic heterocycles. The van der Waals surface area contributed by atoms with Gasteiger partial charge in [0.2, 0.25) is 0 Å². The molecule has 1 aromatic carbocycles. The van der Waals surface area contributed by atoms with Gasteiger partial charge in [0.25, 0.3) is 0 Å². The Bertz CT molecular complexity index is 598. The maximum Gasteiger partial charge on any atom is 0.153 e. The summed E-state index contributed by atoms with van der Waals surface area (Å²) in [6.45, 7) is 0.652. The standard InChI is InChI=1S/C16H19N3O2/c1-20-14-9-18-19-16(17)15(14)12-7-13(8-12)21-10-11-5-3-2-4-6-11/h2-6,9,12-13H,7-8,10H2,1H3,(H2,17,19). The summed E-state index contributed by atoms with van der Waals surface area (Å²) in [6.07, 6.45) is 3.77. The number of nitrogens with zero attached hydrogens (tertiary/aromatic N) is 2. The third-order valence-corrected chi connectivity index (χ3v) is 3.93. The van der Waals surface area contributed by atoms with Crippen LogP contribution >= 0.6 is 0 Å². The quantitative estimate of drug-likeness (QED) is 0.914. The van der Waals surface area contributed by atoms with Gasteiger partial charge in [-0.15, -0.1) is 5.10 Å². The van der Waals surface area contributed by atoms with Gasteiger partial charge < -0.3 is 15.2 Å². The van der Waals surface area contributed by atoms with Crippen LogP contribution in [-0.4, -0.2) is 23.4 Å². The van der Waals surface area contributed by atoms with Crippen LogP contribution in [0.4, 0.5) is 5.82 Å². The molecule has 1 saturated carbocycles. The Morgan fingerprint density at radius 2 is 2.00 bits per heavy atom. The van der Waals surface area contributed by atoms with E-state index in [1.54, 1.807) is 13.3 Å². The minimum Gasteiger partial charge on any atom is -0.495 e. The normalized spacial score (nSPS) is 20.8. The summed E-state index contributed by atoms with van der Waals surface area (Å²) in [5.74, 6) is 1.52. The topological polar surface area (TPSA) is 70.3 Å². The molecule has 0 amide bonds. The SMILES string of the molecule is COc1cnnc(N)c1C1CC(OCc2ccccc2)C1. The number of benzene rings is 1. The van der Waals surface area contributed by atoms with E-state index in [1.165, 1.54) is 5.56 Å². The number of ether oxygens (including phenoxy) is 2. The first-order valence-electron chi connectivity index (χ1n) is 7.08. The molecule has 1 heterocycles. The fourth-order valence-corrected chi connectivity index (χ4v) is 2.69. The van der Waals surface area contributed by atoms with Crippen molar-refractivity contribution in [2.24, 2.45) is 0 Å². The van der Waals surface area contributed by atoms with Crippen molar-refractivity contribution in [3.8, 4) is 5.75 Å². The van der Waals surface area contributed by atoms with Gasteiger partial charge in [0.1, 0.15) is 5.75 Å². The van der Waals surface area contributed by atoms with Crippen molar-refractivity contribution in [2.45, 2.75) is 31.5 Å². The minimum atomic E-state index is 0.271. The summed E-state index contributed by atoms with van der Waals surface area (Å²) in [6, 6.07) is 10.2. The largest absolute Gasteiger partial charge is 0.495 e. The van der Waals surface area contributed by atoms with Gasteiger partial charge in [0.05, 0.1) is 26.0 Å². The molecular formula is C16H19N3O2. The van der Waals surface area contributed by atoms with Crippen molar-refractivity contribution >= 4 is 5.82 Å². The van der Waals surface area contributed by atoms with Gasteiger partial charge in [0.15, 0.2) is 5.82 Å². The predicted octanol–water partition coefficient (Wildman–Crippen LogP) is 2.53. The lowest BCUT2D eigenvalue weighted by molar-refractivity contribution is -0.0210. The first-order chi connectivity index (χ1) is 10.3. The molecule has 0 atom stereocenters. The van der Waals surface area contributed by atoms with E-state index < -0.39 is 0 Å². The molecular weight excluding hydrogens is 266 g/mol. The molecule has 5 nitrogen and oxygen atoms in total. The molecule has 1 fully saturated rings. The molecule has 0 spiro atoms. The highest BCUT2D eigenvalue weighted by Gasteiger charge is 2.34. The Hall–Kier alpha value is -2.14. The number of nitrogens with two attached hydrogens (primary N) is 1. The molecule has 3 rings (SSSR count). The molecule has 5 heteroatoms. The number of nitrogen functional groups attached to an aromatic ring is 1. The Kier molecular flexibility index (Phi) is 4.01. The van der Waals surface area contributed by atoms with Crippen molar-refractivity contribution in [1.82, 2.24) is 10.2 Å². The van der Waals surface area contributed by atoms with Crippen LogP contribution in [-0.2, 0) is 11.3 Å². The van der Waals surface area contributed by atoms with E-state index in [0.29, 0.717) is 24.1 Å². The van der Waals surface area contributed by atoms with Crippen molar-refractivity contribution in [2.75, 3.05) is 12.8 Å². The van der Waals surface area contributed by atoms with Gasteiger partial charge in [-0.25, -0.2) is 0 Å². The zero-order chi connectivity index (χ0) is 14.7. The summed E-state index contributed by atoms with van der Waals surface area (Å²) >= 11 is 0. The van der Waals surface area contributed by atoms with Crippen LogP contribution in [0.25, 0.3) is 0 Å². The average molecular weight is 285 g/mol. The van der Waals surface area contributed by atoms with Crippen LogP contribution in [0.3, 0.4) is 0 Å². The van der Waals surface area contributed by atoms with Gasteiger partial charge in [-0.3, -0.25) is 0 Å². The van der Waals surface area contributed by atoms with Gasteiger partial charge in [0, 0.05) is 5.56 Å². The van der Waals surface area contributed by atoms with Gasteiger partial charge >= 0.3 is 0 Å². The lowest BCUT2D eigenvalue weighted by Gasteiger charge is -2.36. The van der Waals surface area contributed by atoms with Crippen LogP contribution in [0.2, 0.25) is 0 Å². The highest BCUT2D eigenvalue weighted by molar-refractivity contribution is 5.50. The number of rotatable bonds is 5. The molecule has 110 valence electrons. The van der Waals surface area contributed by atoms with Crippen LogP contribution in [0.5, 0.6) is 5.75 Å². The fraction of sp³-hybridized carbons (Fsp3) is 0.375. The smallest absolute Gasteiger partial charge is 0.153 e. The summed E-state index contributed by atoms with van der Waals surface area (Å²) in [7, 11) is 1.63. The zero-order valence-electron chi connectivity index (χ0n) is 12.0. The molecule has 0 saturated heterocycles. The number of methoxy groups -OCH3 is 1. The third-order valence-electron chi connectivity index (χ3n) is 3.93. The molecule has 1 aromatic heterocycles. The number of anilines is 1. The van der Waals surface area contributed by atoms with Crippen molar-refractivity contribution in [3.05, 3.63) is 47.7 Å². The Morgan fingerprint density at radius 3 is 2.71 bits per heavy atom. The number of aromatic nitrogens is 2. The van der Waals surface area contributed by atoms with E-state index in [1.807, 2.05) is 18.2 Å². The van der Waals surface area contributed by atoms with E-state index in [9.17, 15) is 0 Å². The lowest BCUT2D eigenvalue weighted by atomic mass is 9.77. The highest BCUT2D eigenvalue weighted by atomic mass is 16.5. The molecule has 1 aliphatic rings. The summed E-state index contributed by atoms with van der Waals surface area (Å²) in [4.78, 5) is 0.